The van der Waals surface area contributed by atoms with E-state index < -0.39 is 0 Å². The van der Waals surface area contributed by atoms with E-state index in [9.17, 15) is 9.90 Å². The van der Waals surface area contributed by atoms with Crippen LogP contribution in [-0.2, 0) is 0 Å². The zero-order valence-corrected chi connectivity index (χ0v) is 17.7. The summed E-state index contributed by atoms with van der Waals surface area (Å²) in [5.41, 5.74) is 0. The fraction of sp³-hybridized carbons (Fsp3) is 0.696. The molecule has 0 atom stereocenters. The summed E-state index contributed by atoms with van der Waals surface area (Å²) in [5.74, 6) is 1.04. The number of amides is 2. The third-order valence-corrected chi connectivity index (χ3v) is 4.78. The second kappa shape index (κ2) is 17.2. The average molecular weight is 393 g/mol. The minimum absolute atomic E-state index is 0.0430. The number of ether oxygens (including phenoxy) is 1. The minimum Gasteiger partial charge on any atom is -0.508 e. The standard InChI is InChI=1S/C23H40N2O3/c1-2-3-4-5-6-7-8-11-18-24-23(27)25-19-12-9-10-13-20-28-22-16-14-21(26)15-17-22/h14-17,26H,2-13,18-20H2,1H3,(H2,24,25,27). The Kier molecular flexibility index (Phi) is 14.8. The number of carbonyl (C=O) groups is 1. The van der Waals surface area contributed by atoms with Gasteiger partial charge in [0.15, 0.2) is 0 Å². The summed E-state index contributed by atoms with van der Waals surface area (Å²) in [6.07, 6.45) is 14.4. The highest BCUT2D eigenvalue weighted by Gasteiger charge is 1.99. The molecule has 160 valence electrons. The van der Waals surface area contributed by atoms with Crippen molar-refractivity contribution in [3.63, 3.8) is 0 Å². The van der Waals surface area contributed by atoms with Gasteiger partial charge in [0, 0.05) is 13.1 Å². The minimum atomic E-state index is -0.0430. The first-order valence-electron chi connectivity index (χ1n) is 11.2. The molecule has 0 unspecified atom stereocenters. The van der Waals surface area contributed by atoms with Crippen molar-refractivity contribution >= 4 is 6.03 Å². The number of phenolic OH excluding ortho intramolecular Hbond substituents is 1. The molecular formula is C23H40N2O3. The van der Waals surface area contributed by atoms with E-state index >= 15 is 0 Å². The first-order valence-corrected chi connectivity index (χ1v) is 11.2. The van der Waals surface area contributed by atoms with Crippen LogP contribution < -0.4 is 15.4 Å². The Balaban J connectivity index is 1.80. The second-order valence-corrected chi connectivity index (χ2v) is 7.41. The van der Waals surface area contributed by atoms with Crippen LogP contribution in [0.5, 0.6) is 11.5 Å². The van der Waals surface area contributed by atoms with Crippen molar-refractivity contribution < 1.29 is 14.6 Å². The van der Waals surface area contributed by atoms with E-state index in [2.05, 4.69) is 17.6 Å². The third kappa shape index (κ3) is 14.2. The third-order valence-electron chi connectivity index (χ3n) is 4.78. The predicted molar refractivity (Wildman–Crippen MR) is 116 cm³/mol. The van der Waals surface area contributed by atoms with E-state index in [1.165, 1.54) is 44.9 Å². The van der Waals surface area contributed by atoms with Crippen molar-refractivity contribution in [2.75, 3.05) is 19.7 Å². The van der Waals surface area contributed by atoms with Crippen LogP contribution in [0, 0.1) is 0 Å². The van der Waals surface area contributed by atoms with Gasteiger partial charge in [-0.15, -0.1) is 0 Å². The second-order valence-electron chi connectivity index (χ2n) is 7.41. The number of phenols is 1. The predicted octanol–water partition coefficient (Wildman–Crippen LogP) is 5.77. The van der Waals surface area contributed by atoms with Crippen molar-refractivity contribution in [3.05, 3.63) is 24.3 Å². The van der Waals surface area contributed by atoms with E-state index in [-0.39, 0.29) is 11.8 Å². The van der Waals surface area contributed by atoms with E-state index in [1.54, 1.807) is 24.3 Å². The SMILES string of the molecule is CCCCCCCCCCNC(=O)NCCCCCCOc1ccc(O)cc1. The van der Waals surface area contributed by atoms with Gasteiger partial charge in [-0.2, -0.15) is 0 Å². The molecule has 0 aliphatic rings. The highest BCUT2D eigenvalue weighted by atomic mass is 16.5. The number of urea groups is 1. The topological polar surface area (TPSA) is 70.6 Å². The molecule has 5 heteroatoms. The lowest BCUT2D eigenvalue weighted by molar-refractivity contribution is 0.240. The summed E-state index contributed by atoms with van der Waals surface area (Å²) in [4.78, 5) is 11.7. The maximum Gasteiger partial charge on any atom is 0.314 e. The molecule has 0 saturated heterocycles. The summed E-state index contributed by atoms with van der Waals surface area (Å²) < 4.78 is 5.61. The van der Waals surface area contributed by atoms with Crippen molar-refractivity contribution in [1.29, 1.82) is 0 Å². The monoisotopic (exact) mass is 392 g/mol. The number of hydrogen-bond donors (Lipinski definition) is 3. The number of benzene rings is 1. The highest BCUT2D eigenvalue weighted by Crippen LogP contribution is 2.16. The summed E-state index contributed by atoms with van der Waals surface area (Å²) in [7, 11) is 0. The normalized spacial score (nSPS) is 10.6. The Morgan fingerprint density at radius 2 is 1.29 bits per heavy atom. The lowest BCUT2D eigenvalue weighted by Gasteiger charge is -2.08. The summed E-state index contributed by atoms with van der Waals surface area (Å²) in [6.45, 7) is 4.42. The quantitative estimate of drug-likeness (QED) is 0.295. The molecule has 1 aromatic carbocycles. The molecule has 3 N–H and O–H groups in total. The average Bonchev–Trinajstić information content (AvgIpc) is 2.70. The molecule has 0 heterocycles. The number of rotatable bonds is 17. The molecule has 28 heavy (non-hydrogen) atoms. The van der Waals surface area contributed by atoms with Gasteiger partial charge in [0.25, 0.3) is 0 Å². The largest absolute Gasteiger partial charge is 0.508 e. The number of carbonyl (C=O) groups excluding carboxylic acids is 1. The van der Waals surface area contributed by atoms with Gasteiger partial charge in [-0.3, -0.25) is 0 Å². The zero-order chi connectivity index (χ0) is 20.3. The van der Waals surface area contributed by atoms with Crippen LogP contribution in [-0.4, -0.2) is 30.8 Å². The van der Waals surface area contributed by atoms with E-state index in [1.807, 2.05) is 0 Å². The van der Waals surface area contributed by atoms with Crippen LogP contribution in [0.2, 0.25) is 0 Å². The van der Waals surface area contributed by atoms with Crippen LogP contribution in [0.25, 0.3) is 0 Å². The summed E-state index contributed by atoms with van der Waals surface area (Å²) >= 11 is 0. The van der Waals surface area contributed by atoms with Gasteiger partial charge in [-0.25, -0.2) is 4.79 Å². The maximum absolute atomic E-state index is 11.7. The molecular weight excluding hydrogens is 352 g/mol. The molecule has 0 radical (unpaired) electrons. The molecule has 0 aliphatic carbocycles. The van der Waals surface area contributed by atoms with Gasteiger partial charge in [-0.05, 0) is 43.5 Å². The van der Waals surface area contributed by atoms with Crippen LogP contribution in [0.4, 0.5) is 4.79 Å². The zero-order valence-electron chi connectivity index (χ0n) is 17.7. The lowest BCUT2D eigenvalue weighted by atomic mass is 10.1. The Labute approximate surface area is 171 Å². The molecule has 1 rings (SSSR count). The molecule has 1 aromatic rings. The Morgan fingerprint density at radius 1 is 0.786 bits per heavy atom. The van der Waals surface area contributed by atoms with Crippen LogP contribution in [0.3, 0.4) is 0 Å². The van der Waals surface area contributed by atoms with E-state index in [0.29, 0.717) is 6.61 Å². The van der Waals surface area contributed by atoms with Gasteiger partial charge in [-0.1, -0.05) is 64.7 Å². The Bertz CT molecular complexity index is 491. The van der Waals surface area contributed by atoms with E-state index in [0.717, 1.165) is 50.9 Å². The van der Waals surface area contributed by atoms with Crippen molar-refractivity contribution in [2.24, 2.45) is 0 Å². The van der Waals surface area contributed by atoms with Crippen LogP contribution in [0.1, 0.15) is 84.0 Å². The summed E-state index contributed by atoms with van der Waals surface area (Å²) in [5, 5.41) is 15.1. The molecule has 5 nitrogen and oxygen atoms in total. The van der Waals surface area contributed by atoms with Crippen molar-refractivity contribution in [3.8, 4) is 11.5 Å². The van der Waals surface area contributed by atoms with Crippen LogP contribution >= 0.6 is 0 Å². The van der Waals surface area contributed by atoms with Gasteiger partial charge in [0.05, 0.1) is 6.61 Å². The highest BCUT2D eigenvalue weighted by molar-refractivity contribution is 5.73. The molecule has 0 bridgehead atoms. The van der Waals surface area contributed by atoms with E-state index in [4.69, 9.17) is 4.74 Å². The molecule has 0 saturated carbocycles. The molecule has 0 spiro atoms. The molecule has 0 aromatic heterocycles. The fourth-order valence-electron chi connectivity index (χ4n) is 3.04. The van der Waals surface area contributed by atoms with Crippen molar-refractivity contribution in [1.82, 2.24) is 10.6 Å². The van der Waals surface area contributed by atoms with Gasteiger partial charge < -0.3 is 20.5 Å². The number of aromatic hydroxyl groups is 1. The fourth-order valence-corrected chi connectivity index (χ4v) is 3.04. The number of hydrogen-bond acceptors (Lipinski definition) is 3. The molecule has 2 amide bonds. The van der Waals surface area contributed by atoms with Gasteiger partial charge in [0.2, 0.25) is 0 Å². The Hall–Kier alpha value is -1.91. The lowest BCUT2D eigenvalue weighted by Crippen LogP contribution is -2.36. The van der Waals surface area contributed by atoms with Crippen LogP contribution in [0.15, 0.2) is 24.3 Å². The number of unbranched alkanes of at least 4 members (excludes halogenated alkanes) is 10. The number of nitrogens with one attached hydrogen (secondary N) is 2. The van der Waals surface area contributed by atoms with Crippen molar-refractivity contribution in [2.45, 2.75) is 84.0 Å². The maximum atomic E-state index is 11.7. The first kappa shape index (κ1) is 24.1. The molecule has 0 aliphatic heterocycles. The smallest absolute Gasteiger partial charge is 0.314 e. The summed E-state index contributed by atoms with van der Waals surface area (Å²) in [6, 6.07) is 6.75. The first-order chi connectivity index (χ1) is 13.7. The van der Waals surface area contributed by atoms with Gasteiger partial charge in [0.1, 0.15) is 11.5 Å². The molecule has 0 fully saturated rings. The Morgan fingerprint density at radius 3 is 1.86 bits per heavy atom. The van der Waals surface area contributed by atoms with Gasteiger partial charge >= 0.3 is 6.03 Å².